The predicted molar refractivity (Wildman–Crippen MR) is 108 cm³/mol. The van der Waals surface area contributed by atoms with Gasteiger partial charge in [-0.05, 0) is 24.8 Å². The molecule has 1 aromatic rings. The highest BCUT2D eigenvalue weighted by molar-refractivity contribution is 5.83. The van der Waals surface area contributed by atoms with Crippen molar-refractivity contribution in [3.63, 3.8) is 0 Å². The van der Waals surface area contributed by atoms with E-state index in [4.69, 9.17) is 4.74 Å². The van der Waals surface area contributed by atoms with Crippen LogP contribution in [0.4, 0.5) is 4.79 Å². The molecule has 0 radical (unpaired) electrons. The Bertz CT molecular complexity index is 834. The molecule has 2 fully saturated rings. The maximum atomic E-state index is 12.9. The lowest BCUT2D eigenvalue weighted by atomic mass is 9.78. The molecule has 30 heavy (non-hydrogen) atoms. The van der Waals surface area contributed by atoms with Gasteiger partial charge in [0, 0.05) is 19.0 Å². The van der Waals surface area contributed by atoms with Gasteiger partial charge in [0.25, 0.3) is 0 Å². The number of hydrogen-bond donors (Lipinski definition) is 2. The Morgan fingerprint density at radius 3 is 2.53 bits per heavy atom. The van der Waals surface area contributed by atoms with Gasteiger partial charge in [0.05, 0.1) is 18.2 Å². The van der Waals surface area contributed by atoms with Crippen LogP contribution in [0.5, 0.6) is 0 Å². The molecule has 0 spiro atoms. The van der Waals surface area contributed by atoms with Gasteiger partial charge in [-0.15, -0.1) is 0 Å². The SMILES string of the molecule is O=C(N[C@]1(c2ccccc2)CCN(C(=O)CN2CCOC2=O)C[C@H]1O)C1CC=CC1. The van der Waals surface area contributed by atoms with Crippen LogP contribution in [0.3, 0.4) is 0 Å². The summed E-state index contributed by atoms with van der Waals surface area (Å²) in [6.07, 6.45) is 4.33. The van der Waals surface area contributed by atoms with Crippen molar-refractivity contribution < 1.29 is 24.2 Å². The van der Waals surface area contributed by atoms with E-state index in [9.17, 15) is 19.5 Å². The second kappa shape index (κ2) is 8.47. The highest BCUT2D eigenvalue weighted by Gasteiger charge is 2.46. The Morgan fingerprint density at radius 1 is 1.17 bits per heavy atom. The van der Waals surface area contributed by atoms with Crippen LogP contribution >= 0.6 is 0 Å². The number of allylic oxidation sites excluding steroid dienone is 2. The maximum Gasteiger partial charge on any atom is 0.410 e. The number of benzene rings is 1. The molecule has 0 saturated carbocycles. The average Bonchev–Trinajstić information content (AvgIpc) is 3.43. The Labute approximate surface area is 175 Å². The van der Waals surface area contributed by atoms with E-state index in [0.717, 1.165) is 5.56 Å². The lowest BCUT2D eigenvalue weighted by Crippen LogP contribution is -2.63. The fourth-order valence-electron chi connectivity index (χ4n) is 4.44. The van der Waals surface area contributed by atoms with Crippen LogP contribution < -0.4 is 5.32 Å². The van der Waals surface area contributed by atoms with Gasteiger partial charge in [0.2, 0.25) is 11.8 Å². The summed E-state index contributed by atoms with van der Waals surface area (Å²) >= 11 is 0. The van der Waals surface area contributed by atoms with Crippen LogP contribution in [0.25, 0.3) is 0 Å². The smallest absolute Gasteiger partial charge is 0.410 e. The zero-order valence-corrected chi connectivity index (χ0v) is 16.8. The van der Waals surface area contributed by atoms with Gasteiger partial charge in [0.15, 0.2) is 0 Å². The number of nitrogens with zero attached hydrogens (tertiary/aromatic N) is 2. The highest BCUT2D eigenvalue weighted by Crippen LogP contribution is 2.34. The first kappa shape index (κ1) is 20.4. The number of likely N-dealkylation sites (tertiary alicyclic amines) is 1. The summed E-state index contributed by atoms with van der Waals surface area (Å²) in [5.74, 6) is -0.443. The van der Waals surface area contributed by atoms with Crippen molar-refractivity contribution in [2.24, 2.45) is 5.92 Å². The van der Waals surface area contributed by atoms with Crippen LogP contribution in [-0.2, 0) is 19.9 Å². The zero-order valence-electron chi connectivity index (χ0n) is 16.8. The number of ether oxygens (including phenoxy) is 1. The van der Waals surface area contributed by atoms with E-state index in [1.54, 1.807) is 4.90 Å². The minimum Gasteiger partial charge on any atom is -0.448 e. The van der Waals surface area contributed by atoms with Gasteiger partial charge in [-0.3, -0.25) is 14.5 Å². The molecule has 4 rings (SSSR count). The summed E-state index contributed by atoms with van der Waals surface area (Å²) in [7, 11) is 0. The molecule has 2 heterocycles. The number of carbonyl (C=O) groups is 3. The van der Waals surface area contributed by atoms with Crippen LogP contribution in [0.15, 0.2) is 42.5 Å². The van der Waals surface area contributed by atoms with E-state index < -0.39 is 17.7 Å². The van der Waals surface area contributed by atoms with E-state index in [-0.39, 0.29) is 37.4 Å². The van der Waals surface area contributed by atoms with Gasteiger partial charge in [-0.25, -0.2) is 4.79 Å². The minimum atomic E-state index is -0.971. The lowest BCUT2D eigenvalue weighted by Gasteiger charge is -2.47. The number of amides is 3. The molecule has 0 aromatic heterocycles. The first-order chi connectivity index (χ1) is 14.5. The number of carbonyl (C=O) groups excluding carboxylic acids is 3. The van der Waals surface area contributed by atoms with Crippen LogP contribution in [0.2, 0.25) is 0 Å². The molecular weight excluding hydrogens is 386 g/mol. The van der Waals surface area contributed by atoms with E-state index in [1.807, 2.05) is 42.5 Å². The Kier molecular flexibility index (Phi) is 5.76. The van der Waals surface area contributed by atoms with Gasteiger partial charge < -0.3 is 20.1 Å². The molecule has 1 aliphatic carbocycles. The molecule has 2 aliphatic heterocycles. The molecule has 3 amide bonds. The molecule has 2 N–H and O–H groups in total. The van der Waals surface area contributed by atoms with Crippen molar-refractivity contribution in [1.82, 2.24) is 15.1 Å². The zero-order chi connectivity index (χ0) is 21.1. The average molecular weight is 413 g/mol. The number of hydrogen-bond acceptors (Lipinski definition) is 5. The second-order valence-corrected chi connectivity index (χ2v) is 8.11. The third-order valence-corrected chi connectivity index (χ3v) is 6.28. The summed E-state index contributed by atoms with van der Waals surface area (Å²) in [6.45, 7) is 1.06. The number of β-amino-alcohol motifs (C(OH)–C–C–N with tert-alkyl or cyclic N) is 1. The van der Waals surface area contributed by atoms with Gasteiger partial charge >= 0.3 is 6.09 Å². The summed E-state index contributed by atoms with van der Waals surface area (Å²) in [5, 5.41) is 14.3. The molecule has 0 unspecified atom stereocenters. The minimum absolute atomic E-state index is 0.0655. The third kappa shape index (κ3) is 3.92. The molecule has 2 atom stereocenters. The predicted octanol–water partition coefficient (Wildman–Crippen LogP) is 1.01. The standard InChI is InChI=1S/C22H27N3O5/c26-18-14-24(19(27)15-25-12-13-30-21(25)29)11-10-22(18,17-8-2-1-3-9-17)23-20(28)16-6-4-5-7-16/h1-5,8-9,16,18,26H,6-7,10-15H2,(H,23,28)/t18-,22+/m1/s1. The largest absolute Gasteiger partial charge is 0.448 e. The lowest BCUT2D eigenvalue weighted by molar-refractivity contribution is -0.140. The highest BCUT2D eigenvalue weighted by atomic mass is 16.6. The molecule has 160 valence electrons. The van der Waals surface area contributed by atoms with E-state index in [1.165, 1.54) is 4.90 Å². The van der Waals surface area contributed by atoms with Crippen molar-refractivity contribution in [3.8, 4) is 0 Å². The topological polar surface area (TPSA) is 99.2 Å². The number of piperidine rings is 1. The van der Waals surface area contributed by atoms with Crippen LogP contribution in [0.1, 0.15) is 24.8 Å². The molecular formula is C22H27N3O5. The molecule has 3 aliphatic rings. The number of cyclic esters (lactones) is 1. The van der Waals surface area contributed by atoms with E-state index >= 15 is 0 Å². The maximum absolute atomic E-state index is 12.9. The Morgan fingerprint density at radius 2 is 1.90 bits per heavy atom. The van der Waals surface area contributed by atoms with E-state index in [2.05, 4.69) is 5.32 Å². The summed E-state index contributed by atoms with van der Waals surface area (Å²) in [5.41, 5.74) is -0.128. The van der Waals surface area contributed by atoms with Gasteiger partial charge in [0.1, 0.15) is 13.2 Å². The van der Waals surface area contributed by atoms with Crippen molar-refractivity contribution in [1.29, 1.82) is 0 Å². The van der Waals surface area contributed by atoms with Crippen LogP contribution in [0, 0.1) is 5.92 Å². The van der Waals surface area contributed by atoms with E-state index in [0.29, 0.717) is 32.4 Å². The molecule has 8 nitrogen and oxygen atoms in total. The van der Waals surface area contributed by atoms with Crippen molar-refractivity contribution >= 4 is 17.9 Å². The number of nitrogens with one attached hydrogen (secondary N) is 1. The number of aliphatic hydroxyl groups is 1. The summed E-state index contributed by atoms with van der Waals surface area (Å²) in [6, 6.07) is 9.44. The second-order valence-electron chi connectivity index (χ2n) is 8.11. The summed E-state index contributed by atoms with van der Waals surface area (Å²) < 4.78 is 4.87. The van der Waals surface area contributed by atoms with Gasteiger partial charge in [-0.2, -0.15) is 0 Å². The van der Waals surface area contributed by atoms with Crippen molar-refractivity contribution in [2.45, 2.75) is 30.9 Å². The fraction of sp³-hybridized carbons (Fsp3) is 0.500. The van der Waals surface area contributed by atoms with Crippen molar-refractivity contribution in [2.75, 3.05) is 32.8 Å². The van der Waals surface area contributed by atoms with Crippen molar-refractivity contribution in [3.05, 3.63) is 48.0 Å². The van der Waals surface area contributed by atoms with Crippen LogP contribution in [-0.4, -0.2) is 71.7 Å². The number of rotatable bonds is 5. The third-order valence-electron chi connectivity index (χ3n) is 6.28. The summed E-state index contributed by atoms with van der Waals surface area (Å²) in [4.78, 5) is 40.2. The molecule has 0 bridgehead atoms. The quantitative estimate of drug-likeness (QED) is 0.702. The molecule has 8 heteroatoms. The monoisotopic (exact) mass is 413 g/mol. The Balaban J connectivity index is 1.49. The number of aliphatic hydroxyl groups excluding tert-OH is 1. The molecule has 2 saturated heterocycles. The first-order valence-electron chi connectivity index (χ1n) is 10.4. The van der Waals surface area contributed by atoms with Gasteiger partial charge in [-0.1, -0.05) is 42.5 Å². The molecule has 1 aromatic carbocycles. The Hall–Kier alpha value is -2.87. The normalized spacial score (nSPS) is 26.7. The fourth-order valence-corrected chi connectivity index (χ4v) is 4.44. The first-order valence-corrected chi connectivity index (χ1v) is 10.4.